The molecule has 0 saturated carbocycles. The summed E-state index contributed by atoms with van der Waals surface area (Å²) in [5, 5.41) is 3.56. The Hall–Kier alpha value is -0.250. The Morgan fingerprint density at radius 2 is 2.24 bits per heavy atom. The standard InChI is InChI=1S/C13H19ClFNS/c1-3-17-8-4-7-16-10(2)11-5-6-12(14)13(15)9-11/h5-6,9-10,16H,3-4,7-8H2,1-2H3. The molecular weight excluding hydrogens is 257 g/mol. The van der Waals surface area contributed by atoms with Crippen LogP contribution in [-0.4, -0.2) is 18.1 Å². The van der Waals surface area contributed by atoms with Gasteiger partial charge in [0.2, 0.25) is 0 Å². The van der Waals surface area contributed by atoms with Crippen molar-refractivity contribution in [2.45, 2.75) is 26.3 Å². The smallest absolute Gasteiger partial charge is 0.142 e. The molecule has 17 heavy (non-hydrogen) atoms. The van der Waals surface area contributed by atoms with Crippen LogP contribution in [0.5, 0.6) is 0 Å². The van der Waals surface area contributed by atoms with E-state index in [4.69, 9.17) is 11.6 Å². The van der Waals surface area contributed by atoms with Gasteiger partial charge in [0.25, 0.3) is 0 Å². The molecule has 1 unspecified atom stereocenters. The second kappa shape index (κ2) is 7.96. The van der Waals surface area contributed by atoms with Gasteiger partial charge in [0.05, 0.1) is 5.02 Å². The first-order valence-corrected chi connectivity index (χ1v) is 7.44. The van der Waals surface area contributed by atoms with Crippen molar-refractivity contribution in [3.8, 4) is 0 Å². The average Bonchev–Trinajstić information content (AvgIpc) is 2.32. The fraction of sp³-hybridized carbons (Fsp3) is 0.538. The van der Waals surface area contributed by atoms with Gasteiger partial charge < -0.3 is 5.32 Å². The molecule has 1 aromatic rings. The third kappa shape index (κ3) is 5.28. The minimum Gasteiger partial charge on any atom is -0.310 e. The van der Waals surface area contributed by atoms with Gasteiger partial charge in [0, 0.05) is 6.04 Å². The van der Waals surface area contributed by atoms with Crippen LogP contribution in [0, 0.1) is 5.82 Å². The van der Waals surface area contributed by atoms with E-state index in [-0.39, 0.29) is 16.9 Å². The molecule has 96 valence electrons. The predicted octanol–water partition coefficient (Wildman–Crippen LogP) is 4.27. The van der Waals surface area contributed by atoms with Gasteiger partial charge in [-0.25, -0.2) is 4.39 Å². The van der Waals surface area contributed by atoms with Crippen molar-refractivity contribution in [1.82, 2.24) is 5.32 Å². The Bertz CT molecular complexity index is 346. The third-order valence-electron chi connectivity index (χ3n) is 2.56. The lowest BCUT2D eigenvalue weighted by Gasteiger charge is -2.14. The summed E-state index contributed by atoms with van der Waals surface area (Å²) >= 11 is 7.59. The second-order valence-electron chi connectivity index (χ2n) is 3.90. The van der Waals surface area contributed by atoms with E-state index in [1.165, 1.54) is 11.8 Å². The van der Waals surface area contributed by atoms with E-state index in [2.05, 4.69) is 12.2 Å². The van der Waals surface area contributed by atoms with Crippen molar-refractivity contribution in [3.63, 3.8) is 0 Å². The second-order valence-corrected chi connectivity index (χ2v) is 5.70. The minimum atomic E-state index is -0.348. The lowest BCUT2D eigenvalue weighted by molar-refractivity contribution is 0.564. The van der Waals surface area contributed by atoms with Gasteiger partial charge in [0.1, 0.15) is 5.82 Å². The predicted molar refractivity (Wildman–Crippen MR) is 75.4 cm³/mol. The Kier molecular flexibility index (Phi) is 6.93. The zero-order chi connectivity index (χ0) is 12.7. The Balaban J connectivity index is 2.36. The Morgan fingerprint density at radius 3 is 2.88 bits per heavy atom. The summed E-state index contributed by atoms with van der Waals surface area (Å²) in [6.07, 6.45) is 1.14. The summed E-state index contributed by atoms with van der Waals surface area (Å²) in [5.74, 6) is 1.99. The van der Waals surface area contributed by atoms with E-state index in [0.29, 0.717) is 0 Å². The average molecular weight is 276 g/mol. The molecule has 0 saturated heterocycles. The van der Waals surface area contributed by atoms with Crippen LogP contribution in [0.4, 0.5) is 4.39 Å². The van der Waals surface area contributed by atoms with Gasteiger partial charge in [-0.2, -0.15) is 11.8 Å². The van der Waals surface area contributed by atoms with Crippen LogP contribution in [0.1, 0.15) is 31.9 Å². The van der Waals surface area contributed by atoms with Gasteiger partial charge in [-0.3, -0.25) is 0 Å². The van der Waals surface area contributed by atoms with Gasteiger partial charge in [0.15, 0.2) is 0 Å². The van der Waals surface area contributed by atoms with Crippen molar-refractivity contribution in [2.24, 2.45) is 0 Å². The lowest BCUT2D eigenvalue weighted by atomic mass is 10.1. The highest BCUT2D eigenvalue weighted by Gasteiger charge is 2.07. The highest BCUT2D eigenvalue weighted by Crippen LogP contribution is 2.20. The number of thioether (sulfide) groups is 1. The van der Waals surface area contributed by atoms with Crippen LogP contribution in [0.3, 0.4) is 0 Å². The maximum atomic E-state index is 13.3. The van der Waals surface area contributed by atoms with Gasteiger partial charge in [-0.05, 0) is 49.1 Å². The molecule has 0 aliphatic carbocycles. The monoisotopic (exact) mass is 275 g/mol. The molecule has 1 nitrogen and oxygen atoms in total. The first-order chi connectivity index (χ1) is 8.15. The van der Waals surface area contributed by atoms with Crippen LogP contribution in [-0.2, 0) is 0 Å². The highest BCUT2D eigenvalue weighted by molar-refractivity contribution is 7.99. The molecule has 0 heterocycles. The molecule has 1 aromatic carbocycles. The number of rotatable bonds is 7. The molecule has 0 aromatic heterocycles. The quantitative estimate of drug-likeness (QED) is 0.746. The fourth-order valence-corrected chi connectivity index (χ4v) is 2.29. The van der Waals surface area contributed by atoms with E-state index >= 15 is 0 Å². The maximum absolute atomic E-state index is 13.3. The summed E-state index contributed by atoms with van der Waals surface area (Å²) in [6, 6.07) is 5.13. The van der Waals surface area contributed by atoms with Crippen molar-refractivity contribution >= 4 is 23.4 Å². The zero-order valence-corrected chi connectivity index (χ0v) is 11.9. The molecular formula is C13H19ClFNS. The maximum Gasteiger partial charge on any atom is 0.142 e. The van der Waals surface area contributed by atoms with Crippen LogP contribution in [0.2, 0.25) is 5.02 Å². The van der Waals surface area contributed by atoms with Crippen molar-refractivity contribution in [1.29, 1.82) is 0 Å². The van der Waals surface area contributed by atoms with E-state index < -0.39 is 0 Å². The largest absolute Gasteiger partial charge is 0.310 e. The summed E-state index contributed by atoms with van der Waals surface area (Å²) in [6.45, 7) is 5.16. The van der Waals surface area contributed by atoms with Crippen LogP contribution < -0.4 is 5.32 Å². The number of halogens is 2. The van der Waals surface area contributed by atoms with Crippen LogP contribution in [0.15, 0.2) is 18.2 Å². The van der Waals surface area contributed by atoms with E-state index in [1.807, 2.05) is 24.8 Å². The molecule has 0 fully saturated rings. The van der Waals surface area contributed by atoms with Crippen molar-refractivity contribution in [2.75, 3.05) is 18.1 Å². The first kappa shape index (κ1) is 14.8. The lowest BCUT2D eigenvalue weighted by Crippen LogP contribution is -2.20. The molecule has 0 radical (unpaired) electrons. The fourth-order valence-electron chi connectivity index (χ4n) is 1.54. The number of hydrogen-bond acceptors (Lipinski definition) is 2. The molecule has 0 aliphatic heterocycles. The molecule has 1 N–H and O–H groups in total. The summed E-state index contributed by atoms with van der Waals surface area (Å²) in [7, 11) is 0. The molecule has 0 spiro atoms. The van der Waals surface area contributed by atoms with Crippen LogP contribution >= 0.6 is 23.4 Å². The van der Waals surface area contributed by atoms with Gasteiger partial charge in [-0.15, -0.1) is 0 Å². The van der Waals surface area contributed by atoms with Crippen molar-refractivity contribution in [3.05, 3.63) is 34.6 Å². The molecule has 1 atom stereocenters. The Labute approximate surface area is 112 Å². The summed E-state index contributed by atoms with van der Waals surface area (Å²) in [4.78, 5) is 0. The molecule has 4 heteroatoms. The topological polar surface area (TPSA) is 12.0 Å². The highest BCUT2D eigenvalue weighted by atomic mass is 35.5. The van der Waals surface area contributed by atoms with Gasteiger partial charge in [-0.1, -0.05) is 24.6 Å². The number of hydrogen-bond donors (Lipinski definition) is 1. The number of nitrogens with one attached hydrogen (secondary N) is 1. The normalized spacial score (nSPS) is 12.7. The summed E-state index contributed by atoms with van der Waals surface area (Å²) < 4.78 is 13.3. The summed E-state index contributed by atoms with van der Waals surface area (Å²) in [5.41, 5.74) is 0.940. The van der Waals surface area contributed by atoms with E-state index in [1.54, 1.807) is 6.07 Å². The number of benzene rings is 1. The van der Waals surface area contributed by atoms with E-state index in [9.17, 15) is 4.39 Å². The minimum absolute atomic E-state index is 0.161. The Morgan fingerprint density at radius 1 is 1.47 bits per heavy atom. The zero-order valence-electron chi connectivity index (χ0n) is 10.3. The van der Waals surface area contributed by atoms with Crippen molar-refractivity contribution < 1.29 is 4.39 Å². The van der Waals surface area contributed by atoms with Gasteiger partial charge >= 0.3 is 0 Å². The van der Waals surface area contributed by atoms with Crippen LogP contribution in [0.25, 0.3) is 0 Å². The van der Waals surface area contributed by atoms with E-state index in [0.717, 1.165) is 24.3 Å². The molecule has 0 amide bonds. The molecule has 0 bridgehead atoms. The molecule has 0 aliphatic rings. The SMILES string of the molecule is CCSCCCNC(C)c1ccc(Cl)c(F)c1. The third-order valence-corrected chi connectivity index (χ3v) is 3.86. The molecule has 1 rings (SSSR count). The first-order valence-electron chi connectivity index (χ1n) is 5.91.